The molecule has 0 heterocycles. The lowest BCUT2D eigenvalue weighted by molar-refractivity contribution is -0.384. The zero-order valence-electron chi connectivity index (χ0n) is 8.53. The first-order valence-electron chi connectivity index (χ1n) is 4.59. The first-order valence-corrected chi connectivity index (χ1v) is 6.14. The highest BCUT2D eigenvalue weighted by molar-refractivity contribution is 7.89. The minimum absolute atomic E-state index is 0.234. The van der Waals surface area contributed by atoms with Crippen LogP contribution >= 0.6 is 0 Å². The lowest BCUT2D eigenvalue weighted by Gasteiger charge is -2.04. The molecule has 2 aromatic carbocycles. The fourth-order valence-corrected chi connectivity index (χ4v) is 2.38. The van der Waals surface area contributed by atoms with E-state index in [-0.39, 0.29) is 10.6 Å². The first kappa shape index (κ1) is 11.5. The van der Waals surface area contributed by atoms with Gasteiger partial charge in [0.1, 0.15) is 0 Å². The van der Waals surface area contributed by atoms with Gasteiger partial charge in [-0.15, -0.1) is 0 Å². The largest absolute Gasteiger partial charge is 0.271 e. The van der Waals surface area contributed by atoms with Crippen LogP contribution in [0, 0.1) is 10.1 Å². The standard InChI is InChI=1S/C10H8N2O4S/c11-17(15,16)10-6-8(12(13)14)5-7-3-1-2-4-9(7)10/h1-6H,(H2,11,15,16). The molecular formula is C10H8N2O4S. The van der Waals surface area contributed by atoms with E-state index in [4.69, 9.17) is 5.14 Å². The highest BCUT2D eigenvalue weighted by Gasteiger charge is 2.18. The van der Waals surface area contributed by atoms with Crippen LogP contribution in [0.5, 0.6) is 0 Å². The molecule has 0 aliphatic heterocycles. The fourth-order valence-electron chi connectivity index (χ4n) is 1.60. The maximum atomic E-state index is 11.4. The van der Waals surface area contributed by atoms with Crippen molar-refractivity contribution in [3.05, 3.63) is 46.5 Å². The van der Waals surface area contributed by atoms with Crippen LogP contribution in [0.15, 0.2) is 41.3 Å². The Hall–Kier alpha value is -1.99. The van der Waals surface area contributed by atoms with Gasteiger partial charge in [0.2, 0.25) is 10.0 Å². The lowest BCUT2D eigenvalue weighted by atomic mass is 10.1. The van der Waals surface area contributed by atoms with E-state index in [1.807, 2.05) is 0 Å². The normalized spacial score (nSPS) is 11.6. The van der Waals surface area contributed by atoms with Gasteiger partial charge in [-0.2, -0.15) is 0 Å². The van der Waals surface area contributed by atoms with Gasteiger partial charge in [0.25, 0.3) is 5.69 Å². The van der Waals surface area contributed by atoms with Gasteiger partial charge in [-0.3, -0.25) is 10.1 Å². The number of hydrogen-bond acceptors (Lipinski definition) is 4. The minimum Gasteiger partial charge on any atom is -0.258 e. The van der Waals surface area contributed by atoms with E-state index in [9.17, 15) is 18.5 Å². The van der Waals surface area contributed by atoms with Gasteiger partial charge in [-0.05, 0) is 5.39 Å². The molecular weight excluding hydrogens is 244 g/mol. The molecule has 0 bridgehead atoms. The number of hydrogen-bond donors (Lipinski definition) is 1. The van der Waals surface area contributed by atoms with Gasteiger partial charge in [-0.25, -0.2) is 13.6 Å². The lowest BCUT2D eigenvalue weighted by Crippen LogP contribution is -2.13. The number of nitrogens with two attached hydrogens (primary N) is 1. The van der Waals surface area contributed by atoms with Crippen molar-refractivity contribution >= 4 is 26.5 Å². The van der Waals surface area contributed by atoms with Crippen LogP contribution in [-0.4, -0.2) is 13.3 Å². The van der Waals surface area contributed by atoms with Crippen molar-refractivity contribution in [1.29, 1.82) is 0 Å². The van der Waals surface area contributed by atoms with Crippen LogP contribution in [0.25, 0.3) is 10.8 Å². The summed E-state index contributed by atoms with van der Waals surface area (Å²) in [7, 11) is -3.99. The molecule has 7 heteroatoms. The molecule has 0 unspecified atom stereocenters. The van der Waals surface area contributed by atoms with Crippen molar-refractivity contribution < 1.29 is 13.3 Å². The molecule has 2 rings (SSSR count). The number of primary sulfonamides is 1. The molecule has 0 saturated carbocycles. The summed E-state index contributed by atoms with van der Waals surface area (Å²) in [4.78, 5) is 9.81. The van der Waals surface area contributed by atoms with Crippen molar-refractivity contribution in [2.75, 3.05) is 0 Å². The quantitative estimate of drug-likeness (QED) is 0.644. The van der Waals surface area contributed by atoms with Crippen LogP contribution in [0.3, 0.4) is 0 Å². The Labute approximate surface area is 96.9 Å². The molecule has 0 radical (unpaired) electrons. The SMILES string of the molecule is NS(=O)(=O)c1cc([N+](=O)[O-])cc2ccccc12. The molecule has 2 aromatic rings. The third kappa shape index (κ3) is 2.10. The summed E-state index contributed by atoms with van der Waals surface area (Å²) in [5, 5.41) is 16.6. The summed E-state index contributed by atoms with van der Waals surface area (Å²) in [6.45, 7) is 0. The van der Waals surface area contributed by atoms with Gasteiger partial charge in [0, 0.05) is 17.5 Å². The second-order valence-corrected chi connectivity index (χ2v) is 5.00. The molecule has 6 nitrogen and oxygen atoms in total. The molecule has 0 atom stereocenters. The van der Waals surface area contributed by atoms with E-state index in [0.717, 1.165) is 6.07 Å². The Morgan fingerprint density at radius 2 is 1.82 bits per heavy atom. The number of nitrogens with zero attached hydrogens (tertiary/aromatic N) is 1. The topological polar surface area (TPSA) is 103 Å². The Balaban J connectivity index is 2.93. The van der Waals surface area contributed by atoms with E-state index in [1.165, 1.54) is 6.07 Å². The van der Waals surface area contributed by atoms with Crippen LogP contribution in [0.1, 0.15) is 0 Å². The van der Waals surface area contributed by atoms with Crippen molar-refractivity contribution in [2.24, 2.45) is 5.14 Å². The van der Waals surface area contributed by atoms with Gasteiger partial charge in [0.05, 0.1) is 9.82 Å². The first-order chi connectivity index (χ1) is 7.89. The monoisotopic (exact) mass is 252 g/mol. The number of fused-ring (bicyclic) bond motifs is 1. The smallest absolute Gasteiger partial charge is 0.258 e. The fraction of sp³-hybridized carbons (Fsp3) is 0. The summed E-state index contributed by atoms with van der Waals surface area (Å²) in [6, 6.07) is 8.74. The highest BCUT2D eigenvalue weighted by atomic mass is 32.2. The molecule has 0 spiro atoms. The third-order valence-corrected chi connectivity index (χ3v) is 3.28. The van der Waals surface area contributed by atoms with Crippen molar-refractivity contribution in [2.45, 2.75) is 4.90 Å². The number of nitro groups is 1. The summed E-state index contributed by atoms with van der Waals surface area (Å²) >= 11 is 0. The summed E-state index contributed by atoms with van der Waals surface area (Å²) < 4.78 is 22.8. The molecule has 0 amide bonds. The Bertz CT molecular complexity index is 709. The van der Waals surface area contributed by atoms with Gasteiger partial charge >= 0.3 is 0 Å². The second-order valence-electron chi connectivity index (χ2n) is 3.47. The Morgan fingerprint density at radius 3 is 2.41 bits per heavy atom. The average molecular weight is 252 g/mol. The van der Waals surface area contributed by atoms with Gasteiger partial charge in [-0.1, -0.05) is 24.3 Å². The van der Waals surface area contributed by atoms with E-state index >= 15 is 0 Å². The summed E-state index contributed by atoms with van der Waals surface area (Å²) in [5.41, 5.74) is -0.298. The number of rotatable bonds is 2. The predicted molar refractivity (Wildman–Crippen MR) is 62.0 cm³/mol. The molecule has 88 valence electrons. The maximum Gasteiger partial charge on any atom is 0.271 e. The van der Waals surface area contributed by atoms with Crippen molar-refractivity contribution in [3.63, 3.8) is 0 Å². The molecule has 17 heavy (non-hydrogen) atoms. The molecule has 0 aromatic heterocycles. The zero-order chi connectivity index (χ0) is 12.6. The molecule has 0 aliphatic rings. The second kappa shape index (κ2) is 3.79. The Kier molecular flexibility index (Phi) is 2.56. The predicted octanol–water partition coefficient (Wildman–Crippen LogP) is 1.40. The van der Waals surface area contributed by atoms with Crippen molar-refractivity contribution in [1.82, 2.24) is 0 Å². The van der Waals surface area contributed by atoms with E-state index in [2.05, 4.69) is 0 Å². The van der Waals surface area contributed by atoms with Gasteiger partial charge in [0.15, 0.2) is 0 Å². The minimum atomic E-state index is -3.99. The summed E-state index contributed by atoms with van der Waals surface area (Å²) in [6.07, 6.45) is 0. The van der Waals surface area contributed by atoms with Crippen LogP contribution < -0.4 is 5.14 Å². The molecule has 2 N–H and O–H groups in total. The van der Waals surface area contributed by atoms with Crippen LogP contribution in [0.4, 0.5) is 5.69 Å². The van der Waals surface area contributed by atoms with Crippen LogP contribution in [-0.2, 0) is 10.0 Å². The Morgan fingerprint density at radius 1 is 1.18 bits per heavy atom. The van der Waals surface area contributed by atoms with Crippen molar-refractivity contribution in [3.8, 4) is 0 Å². The van der Waals surface area contributed by atoms with E-state index in [1.54, 1.807) is 24.3 Å². The average Bonchev–Trinajstić information content (AvgIpc) is 2.26. The van der Waals surface area contributed by atoms with Gasteiger partial charge < -0.3 is 0 Å². The molecule has 0 fully saturated rings. The number of benzene rings is 2. The van der Waals surface area contributed by atoms with E-state index in [0.29, 0.717) is 10.8 Å². The highest BCUT2D eigenvalue weighted by Crippen LogP contribution is 2.27. The zero-order valence-corrected chi connectivity index (χ0v) is 9.35. The molecule has 0 aliphatic carbocycles. The number of sulfonamides is 1. The van der Waals surface area contributed by atoms with E-state index < -0.39 is 14.9 Å². The van der Waals surface area contributed by atoms with Crippen LogP contribution in [0.2, 0.25) is 0 Å². The number of non-ortho nitro benzene ring substituents is 1. The summed E-state index contributed by atoms with van der Waals surface area (Å²) in [5.74, 6) is 0. The third-order valence-electron chi connectivity index (χ3n) is 2.33. The number of nitro benzene ring substituents is 1. The molecule has 0 saturated heterocycles. The maximum absolute atomic E-state index is 11.4.